The Balaban J connectivity index is 1.99. The van der Waals surface area contributed by atoms with Gasteiger partial charge in [-0.3, -0.25) is 10.1 Å². The summed E-state index contributed by atoms with van der Waals surface area (Å²) in [5.74, 6) is 0. The molecule has 0 aromatic carbocycles. The number of rotatable bonds is 9. The molecule has 1 heterocycles. The molecule has 1 saturated heterocycles. The first kappa shape index (κ1) is 16.3. The second-order valence-corrected chi connectivity index (χ2v) is 5.13. The molecule has 0 aliphatic carbocycles. The second-order valence-electron chi connectivity index (χ2n) is 4.28. The van der Waals surface area contributed by atoms with E-state index in [9.17, 15) is 10.1 Å². The molecule has 1 unspecified atom stereocenters. The minimum absolute atomic E-state index is 0.0298. The lowest BCUT2D eigenvalue weighted by Crippen LogP contribution is -2.23. The first-order valence-electron chi connectivity index (χ1n) is 6.58. The molecular weight excluding hydrogens is 268 g/mol. The van der Waals surface area contributed by atoms with Gasteiger partial charge in [-0.15, -0.1) is 11.8 Å². The standard InChI is InChI=1S/C12H22N2O4S/c1-19-11(10-14(15)16)13-7-3-5-9-18-12-6-2-4-8-17-12/h10,12-13H,2-9H2,1H3/b11-10-. The van der Waals surface area contributed by atoms with Gasteiger partial charge < -0.3 is 14.8 Å². The van der Waals surface area contributed by atoms with Crippen molar-refractivity contribution in [1.82, 2.24) is 5.32 Å². The zero-order chi connectivity index (χ0) is 13.9. The lowest BCUT2D eigenvalue weighted by molar-refractivity contribution is -0.403. The zero-order valence-corrected chi connectivity index (χ0v) is 12.1. The summed E-state index contributed by atoms with van der Waals surface area (Å²) in [4.78, 5) is 9.88. The molecule has 0 aromatic rings. The fraction of sp³-hybridized carbons (Fsp3) is 0.833. The molecule has 1 fully saturated rings. The Kier molecular flexibility index (Phi) is 8.61. The molecule has 1 rings (SSSR count). The largest absolute Gasteiger partial charge is 0.375 e. The minimum atomic E-state index is -0.442. The van der Waals surface area contributed by atoms with Gasteiger partial charge in [-0.2, -0.15) is 0 Å². The number of hydrogen-bond acceptors (Lipinski definition) is 6. The van der Waals surface area contributed by atoms with E-state index in [1.54, 1.807) is 0 Å². The molecule has 0 saturated carbocycles. The monoisotopic (exact) mass is 290 g/mol. The van der Waals surface area contributed by atoms with E-state index < -0.39 is 4.92 Å². The van der Waals surface area contributed by atoms with Crippen molar-refractivity contribution in [2.24, 2.45) is 0 Å². The molecule has 0 aromatic heterocycles. The molecule has 0 spiro atoms. The van der Waals surface area contributed by atoms with E-state index in [0.29, 0.717) is 11.6 Å². The van der Waals surface area contributed by atoms with Crippen LogP contribution in [0.4, 0.5) is 0 Å². The number of nitrogens with zero attached hydrogens (tertiary/aromatic N) is 1. The van der Waals surface area contributed by atoms with Crippen molar-refractivity contribution in [2.75, 3.05) is 26.0 Å². The molecule has 1 atom stereocenters. The number of thioether (sulfide) groups is 1. The van der Waals surface area contributed by atoms with Crippen LogP contribution in [0.2, 0.25) is 0 Å². The molecule has 1 N–H and O–H groups in total. The highest BCUT2D eigenvalue weighted by atomic mass is 32.2. The summed E-state index contributed by atoms with van der Waals surface area (Å²) in [6, 6.07) is 0. The highest BCUT2D eigenvalue weighted by Crippen LogP contribution is 2.14. The predicted octanol–water partition coefficient (Wildman–Crippen LogP) is 2.34. The van der Waals surface area contributed by atoms with Crippen molar-refractivity contribution in [1.29, 1.82) is 0 Å². The number of nitrogens with one attached hydrogen (secondary N) is 1. The molecular formula is C12H22N2O4S. The van der Waals surface area contributed by atoms with E-state index in [4.69, 9.17) is 9.47 Å². The van der Waals surface area contributed by atoms with Crippen LogP contribution in [0.15, 0.2) is 11.2 Å². The van der Waals surface area contributed by atoms with Crippen LogP contribution in [-0.2, 0) is 9.47 Å². The first-order chi connectivity index (χ1) is 9.22. The number of unbranched alkanes of at least 4 members (excludes halogenated alkanes) is 1. The molecule has 7 heteroatoms. The summed E-state index contributed by atoms with van der Waals surface area (Å²) in [6.07, 6.45) is 7.91. The molecule has 1 aliphatic rings. The predicted molar refractivity (Wildman–Crippen MR) is 75.4 cm³/mol. The van der Waals surface area contributed by atoms with E-state index >= 15 is 0 Å². The third-order valence-corrected chi connectivity index (χ3v) is 3.44. The molecule has 0 amide bonds. The maximum Gasteiger partial charge on any atom is 0.263 e. The van der Waals surface area contributed by atoms with Gasteiger partial charge in [0.05, 0.1) is 4.92 Å². The molecule has 110 valence electrons. The van der Waals surface area contributed by atoms with E-state index in [0.717, 1.165) is 45.0 Å². The Morgan fingerprint density at radius 1 is 1.58 bits per heavy atom. The maximum absolute atomic E-state index is 10.3. The van der Waals surface area contributed by atoms with Gasteiger partial charge in [-0.05, 0) is 38.4 Å². The minimum Gasteiger partial charge on any atom is -0.375 e. The summed E-state index contributed by atoms with van der Waals surface area (Å²) in [6.45, 7) is 2.20. The number of hydrogen-bond donors (Lipinski definition) is 1. The Morgan fingerprint density at radius 2 is 2.42 bits per heavy atom. The van der Waals surface area contributed by atoms with E-state index in [-0.39, 0.29) is 6.29 Å². The van der Waals surface area contributed by atoms with Gasteiger partial charge in [-0.1, -0.05) is 0 Å². The lowest BCUT2D eigenvalue weighted by atomic mass is 10.2. The first-order valence-corrected chi connectivity index (χ1v) is 7.81. The van der Waals surface area contributed by atoms with Gasteiger partial charge in [0.25, 0.3) is 6.20 Å². The van der Waals surface area contributed by atoms with Gasteiger partial charge in [-0.25, -0.2) is 0 Å². The number of nitro groups is 1. The maximum atomic E-state index is 10.3. The second kappa shape index (κ2) is 10.1. The lowest BCUT2D eigenvalue weighted by Gasteiger charge is -2.22. The van der Waals surface area contributed by atoms with Crippen LogP contribution in [0.25, 0.3) is 0 Å². The van der Waals surface area contributed by atoms with E-state index in [2.05, 4.69) is 5.32 Å². The van der Waals surface area contributed by atoms with Crippen LogP contribution in [0.5, 0.6) is 0 Å². The van der Waals surface area contributed by atoms with Gasteiger partial charge in [0, 0.05) is 19.8 Å². The van der Waals surface area contributed by atoms with Crippen LogP contribution < -0.4 is 5.32 Å². The van der Waals surface area contributed by atoms with Gasteiger partial charge >= 0.3 is 0 Å². The molecule has 1 aliphatic heterocycles. The van der Waals surface area contributed by atoms with Crippen LogP contribution in [-0.4, -0.2) is 37.2 Å². The van der Waals surface area contributed by atoms with Gasteiger partial charge in [0.2, 0.25) is 0 Å². The highest BCUT2D eigenvalue weighted by molar-refractivity contribution is 8.02. The number of ether oxygens (including phenoxy) is 2. The van der Waals surface area contributed by atoms with Gasteiger partial charge in [0.1, 0.15) is 5.03 Å². The highest BCUT2D eigenvalue weighted by Gasteiger charge is 2.13. The molecule has 0 bridgehead atoms. The summed E-state index contributed by atoms with van der Waals surface area (Å²) >= 11 is 1.34. The van der Waals surface area contributed by atoms with Crippen molar-refractivity contribution in [3.05, 3.63) is 21.3 Å². The average Bonchev–Trinajstić information content (AvgIpc) is 2.42. The molecule has 0 radical (unpaired) electrons. The third-order valence-electron chi connectivity index (χ3n) is 2.75. The normalized spacial score (nSPS) is 20.3. The van der Waals surface area contributed by atoms with Crippen molar-refractivity contribution in [3.63, 3.8) is 0 Å². The smallest absolute Gasteiger partial charge is 0.263 e. The Morgan fingerprint density at radius 3 is 3.05 bits per heavy atom. The van der Waals surface area contributed by atoms with Crippen molar-refractivity contribution in [3.8, 4) is 0 Å². The zero-order valence-electron chi connectivity index (χ0n) is 11.3. The van der Waals surface area contributed by atoms with Crippen LogP contribution in [0.3, 0.4) is 0 Å². The fourth-order valence-electron chi connectivity index (χ4n) is 1.76. The van der Waals surface area contributed by atoms with E-state index in [1.165, 1.54) is 18.2 Å². The SMILES string of the molecule is CS/C(=C\[N+](=O)[O-])NCCCCOC1CCCCO1. The summed E-state index contributed by atoms with van der Waals surface area (Å²) < 4.78 is 11.1. The summed E-state index contributed by atoms with van der Waals surface area (Å²) in [5.41, 5.74) is 0. The van der Waals surface area contributed by atoms with Crippen LogP contribution >= 0.6 is 11.8 Å². The van der Waals surface area contributed by atoms with E-state index in [1.807, 2.05) is 6.26 Å². The van der Waals surface area contributed by atoms with Crippen molar-refractivity contribution >= 4 is 11.8 Å². The summed E-state index contributed by atoms with van der Waals surface area (Å²) in [7, 11) is 0. The van der Waals surface area contributed by atoms with Crippen LogP contribution in [0.1, 0.15) is 32.1 Å². The molecule has 6 nitrogen and oxygen atoms in total. The topological polar surface area (TPSA) is 73.6 Å². The quantitative estimate of drug-likeness (QED) is 0.399. The van der Waals surface area contributed by atoms with Crippen LogP contribution in [0, 0.1) is 10.1 Å². The van der Waals surface area contributed by atoms with Crippen molar-refractivity contribution in [2.45, 2.75) is 38.4 Å². The average molecular weight is 290 g/mol. The Hall–Kier alpha value is -0.790. The molecule has 19 heavy (non-hydrogen) atoms. The van der Waals surface area contributed by atoms with Crippen molar-refractivity contribution < 1.29 is 14.4 Å². The third kappa shape index (κ3) is 8.07. The van der Waals surface area contributed by atoms with Gasteiger partial charge in [0.15, 0.2) is 6.29 Å². The fourth-order valence-corrected chi connectivity index (χ4v) is 2.20. The summed E-state index contributed by atoms with van der Waals surface area (Å²) in [5, 5.41) is 13.9. The Bertz CT molecular complexity index is 293. The Labute approximate surface area is 118 Å².